The Kier molecular flexibility index (Phi) is 4.70. The summed E-state index contributed by atoms with van der Waals surface area (Å²) in [7, 11) is 4.28. The van der Waals surface area contributed by atoms with E-state index in [1.165, 1.54) is 25.7 Å². The third-order valence-electron chi connectivity index (χ3n) is 2.91. The molecule has 2 N–H and O–H groups in total. The molecule has 3 nitrogen and oxygen atoms in total. The average molecular weight is 186 g/mol. The quantitative estimate of drug-likeness (QED) is 0.669. The highest BCUT2D eigenvalue weighted by atomic mass is 16.3. The van der Waals surface area contributed by atoms with Gasteiger partial charge in [-0.05, 0) is 26.9 Å². The summed E-state index contributed by atoms with van der Waals surface area (Å²) in [5.41, 5.74) is 0. The molecule has 1 rings (SSSR count). The number of rotatable bonds is 4. The van der Waals surface area contributed by atoms with E-state index >= 15 is 0 Å². The van der Waals surface area contributed by atoms with Crippen LogP contribution in [0, 0.1) is 0 Å². The van der Waals surface area contributed by atoms with Gasteiger partial charge in [0.1, 0.15) is 0 Å². The van der Waals surface area contributed by atoms with Crippen LogP contribution in [-0.2, 0) is 0 Å². The number of nitrogens with one attached hydrogen (secondary N) is 1. The molecule has 1 aliphatic carbocycles. The van der Waals surface area contributed by atoms with Gasteiger partial charge in [0, 0.05) is 18.6 Å². The lowest BCUT2D eigenvalue weighted by molar-refractivity contribution is 0.169. The van der Waals surface area contributed by atoms with Gasteiger partial charge in [-0.15, -0.1) is 0 Å². The molecule has 0 saturated heterocycles. The molecule has 0 spiro atoms. The fourth-order valence-corrected chi connectivity index (χ4v) is 2.22. The number of aliphatic hydroxyl groups is 1. The monoisotopic (exact) mass is 186 g/mol. The zero-order valence-electron chi connectivity index (χ0n) is 8.79. The predicted octanol–water partition coefficient (Wildman–Crippen LogP) is 0.441. The van der Waals surface area contributed by atoms with Gasteiger partial charge in [0.15, 0.2) is 0 Å². The first kappa shape index (κ1) is 11.0. The van der Waals surface area contributed by atoms with E-state index in [1.54, 1.807) is 0 Å². The van der Waals surface area contributed by atoms with Crippen molar-refractivity contribution in [2.24, 2.45) is 0 Å². The highest BCUT2D eigenvalue weighted by Crippen LogP contribution is 2.21. The van der Waals surface area contributed by atoms with Crippen LogP contribution in [0.15, 0.2) is 0 Å². The highest BCUT2D eigenvalue weighted by Gasteiger charge is 2.25. The van der Waals surface area contributed by atoms with Gasteiger partial charge in [0.05, 0.1) is 6.61 Å². The molecule has 1 aliphatic rings. The molecule has 0 radical (unpaired) electrons. The Morgan fingerprint density at radius 2 is 2.00 bits per heavy atom. The van der Waals surface area contributed by atoms with E-state index in [0.717, 1.165) is 6.54 Å². The normalized spacial score (nSPS) is 29.5. The Balaban J connectivity index is 2.37. The zero-order chi connectivity index (χ0) is 9.68. The highest BCUT2D eigenvalue weighted by molar-refractivity contribution is 4.85. The Morgan fingerprint density at radius 1 is 1.31 bits per heavy atom. The van der Waals surface area contributed by atoms with Crippen molar-refractivity contribution in [2.75, 3.05) is 27.2 Å². The van der Waals surface area contributed by atoms with Gasteiger partial charge in [-0.25, -0.2) is 0 Å². The second-order valence-corrected chi connectivity index (χ2v) is 4.10. The molecule has 0 aromatic carbocycles. The topological polar surface area (TPSA) is 35.5 Å². The summed E-state index contributed by atoms with van der Waals surface area (Å²) in [4.78, 5) is 2.30. The van der Waals surface area contributed by atoms with Crippen LogP contribution in [-0.4, -0.2) is 49.3 Å². The van der Waals surface area contributed by atoms with Crippen LogP contribution in [0.25, 0.3) is 0 Å². The first-order valence-electron chi connectivity index (χ1n) is 5.26. The van der Waals surface area contributed by atoms with Gasteiger partial charge >= 0.3 is 0 Å². The molecule has 13 heavy (non-hydrogen) atoms. The number of aliphatic hydroxyl groups excluding tert-OH is 1. The Hall–Kier alpha value is -0.120. The van der Waals surface area contributed by atoms with Crippen molar-refractivity contribution < 1.29 is 5.11 Å². The van der Waals surface area contributed by atoms with Crippen molar-refractivity contribution in [3.63, 3.8) is 0 Å². The molecular weight excluding hydrogens is 164 g/mol. The Bertz CT molecular complexity index is 139. The molecule has 0 aromatic rings. The number of hydrogen-bond acceptors (Lipinski definition) is 3. The van der Waals surface area contributed by atoms with Crippen molar-refractivity contribution >= 4 is 0 Å². The molecule has 3 heteroatoms. The van der Waals surface area contributed by atoms with Gasteiger partial charge in [0.25, 0.3) is 0 Å². The minimum Gasteiger partial charge on any atom is -0.395 e. The summed E-state index contributed by atoms with van der Waals surface area (Å²) in [5, 5.41) is 12.2. The van der Waals surface area contributed by atoms with Crippen molar-refractivity contribution in [1.82, 2.24) is 10.2 Å². The zero-order valence-corrected chi connectivity index (χ0v) is 8.79. The van der Waals surface area contributed by atoms with Gasteiger partial charge in [-0.2, -0.15) is 0 Å². The minimum absolute atomic E-state index is 0.247. The van der Waals surface area contributed by atoms with Crippen LogP contribution >= 0.6 is 0 Å². The van der Waals surface area contributed by atoms with E-state index in [-0.39, 0.29) is 6.61 Å². The summed E-state index contributed by atoms with van der Waals surface area (Å²) in [5.74, 6) is 0. The molecule has 1 fully saturated rings. The molecular formula is C10H22N2O. The number of nitrogens with zero attached hydrogens (tertiary/aromatic N) is 1. The minimum atomic E-state index is 0.247. The molecule has 0 aromatic heterocycles. The van der Waals surface area contributed by atoms with E-state index < -0.39 is 0 Å². The maximum Gasteiger partial charge on any atom is 0.0556 e. The fraction of sp³-hybridized carbons (Fsp3) is 1.00. The number of hydrogen-bond donors (Lipinski definition) is 2. The molecule has 1 saturated carbocycles. The van der Waals surface area contributed by atoms with Gasteiger partial charge < -0.3 is 15.3 Å². The second-order valence-electron chi connectivity index (χ2n) is 4.10. The van der Waals surface area contributed by atoms with Crippen molar-refractivity contribution in [1.29, 1.82) is 0 Å². The first-order valence-corrected chi connectivity index (χ1v) is 5.26. The third kappa shape index (κ3) is 3.25. The van der Waals surface area contributed by atoms with Crippen LogP contribution in [0.4, 0.5) is 0 Å². The predicted molar refractivity (Wildman–Crippen MR) is 54.8 cm³/mol. The summed E-state index contributed by atoms with van der Waals surface area (Å²) in [6.07, 6.45) is 5.21. The maximum absolute atomic E-state index is 8.75. The van der Waals surface area contributed by atoms with Crippen LogP contribution in [0.2, 0.25) is 0 Å². The van der Waals surface area contributed by atoms with Gasteiger partial charge in [-0.3, -0.25) is 0 Å². The lowest BCUT2D eigenvalue weighted by Gasteiger charge is -2.36. The van der Waals surface area contributed by atoms with Crippen molar-refractivity contribution in [2.45, 2.75) is 37.8 Å². The van der Waals surface area contributed by atoms with Gasteiger partial charge in [-0.1, -0.05) is 12.8 Å². The van der Waals surface area contributed by atoms with Crippen LogP contribution in [0.3, 0.4) is 0 Å². The van der Waals surface area contributed by atoms with Crippen molar-refractivity contribution in [3.8, 4) is 0 Å². The summed E-state index contributed by atoms with van der Waals surface area (Å²) < 4.78 is 0. The Morgan fingerprint density at radius 3 is 2.62 bits per heavy atom. The molecule has 0 amide bonds. The summed E-state index contributed by atoms with van der Waals surface area (Å²) >= 11 is 0. The van der Waals surface area contributed by atoms with E-state index in [1.807, 2.05) is 0 Å². The molecule has 0 heterocycles. The third-order valence-corrected chi connectivity index (χ3v) is 2.91. The SMILES string of the molecule is CN(C)[C@@H]1CCCC[C@@H]1NCCO. The summed E-state index contributed by atoms with van der Waals surface area (Å²) in [6, 6.07) is 1.23. The van der Waals surface area contributed by atoms with E-state index in [4.69, 9.17) is 5.11 Å². The molecule has 0 unspecified atom stereocenters. The van der Waals surface area contributed by atoms with E-state index in [0.29, 0.717) is 12.1 Å². The number of likely N-dealkylation sites (N-methyl/N-ethyl adjacent to an activating group) is 1. The average Bonchev–Trinajstić information content (AvgIpc) is 2.15. The van der Waals surface area contributed by atoms with E-state index in [2.05, 4.69) is 24.3 Å². The van der Waals surface area contributed by atoms with E-state index in [9.17, 15) is 0 Å². The smallest absolute Gasteiger partial charge is 0.0556 e. The molecule has 2 atom stereocenters. The standard InChI is InChI=1S/C10H22N2O/c1-12(2)10-6-4-3-5-9(10)11-7-8-13/h9-11,13H,3-8H2,1-2H3/t9-,10+/m0/s1. The lowest BCUT2D eigenvalue weighted by Crippen LogP contribution is -2.49. The Labute approximate surface area is 81.1 Å². The second kappa shape index (κ2) is 5.58. The lowest BCUT2D eigenvalue weighted by atomic mass is 9.89. The molecule has 0 aliphatic heterocycles. The van der Waals surface area contributed by atoms with Crippen LogP contribution < -0.4 is 5.32 Å². The van der Waals surface area contributed by atoms with Gasteiger partial charge in [0.2, 0.25) is 0 Å². The largest absolute Gasteiger partial charge is 0.395 e. The maximum atomic E-state index is 8.75. The first-order chi connectivity index (χ1) is 6.25. The molecule has 0 bridgehead atoms. The van der Waals surface area contributed by atoms with Crippen LogP contribution in [0.5, 0.6) is 0 Å². The van der Waals surface area contributed by atoms with Crippen molar-refractivity contribution in [3.05, 3.63) is 0 Å². The fourth-order valence-electron chi connectivity index (χ4n) is 2.22. The van der Waals surface area contributed by atoms with Crippen LogP contribution in [0.1, 0.15) is 25.7 Å². The molecule has 78 valence electrons. The summed E-state index contributed by atoms with van der Waals surface area (Å²) in [6.45, 7) is 0.978.